The molecule has 1 amide bonds. The Bertz CT molecular complexity index is 510. The SMILES string of the molecule is CO[C@@H]1CCN(Cc2ncccc2F)C[C@H]1CC(=O)N(C)C. The highest BCUT2D eigenvalue weighted by molar-refractivity contribution is 5.75. The van der Waals surface area contributed by atoms with E-state index in [-0.39, 0.29) is 23.7 Å². The summed E-state index contributed by atoms with van der Waals surface area (Å²) in [5, 5.41) is 0. The van der Waals surface area contributed by atoms with E-state index in [9.17, 15) is 9.18 Å². The lowest BCUT2D eigenvalue weighted by Crippen LogP contribution is -2.45. The summed E-state index contributed by atoms with van der Waals surface area (Å²) in [4.78, 5) is 19.8. The monoisotopic (exact) mass is 309 g/mol. The maximum absolute atomic E-state index is 13.7. The van der Waals surface area contributed by atoms with Crippen LogP contribution < -0.4 is 0 Å². The Kier molecular flexibility index (Phi) is 5.85. The topological polar surface area (TPSA) is 45.7 Å². The Balaban J connectivity index is 2.00. The average molecular weight is 309 g/mol. The number of methoxy groups -OCH3 is 1. The molecule has 0 spiro atoms. The number of piperidine rings is 1. The van der Waals surface area contributed by atoms with E-state index in [2.05, 4.69) is 9.88 Å². The van der Waals surface area contributed by atoms with Crippen molar-refractivity contribution in [3.05, 3.63) is 29.8 Å². The predicted octanol–water partition coefficient (Wildman–Crippen LogP) is 1.54. The molecule has 22 heavy (non-hydrogen) atoms. The zero-order valence-corrected chi connectivity index (χ0v) is 13.5. The zero-order valence-electron chi connectivity index (χ0n) is 13.5. The average Bonchev–Trinajstić information content (AvgIpc) is 2.50. The molecule has 2 heterocycles. The Labute approximate surface area is 131 Å². The van der Waals surface area contributed by atoms with Crippen LogP contribution in [0.5, 0.6) is 0 Å². The van der Waals surface area contributed by atoms with Gasteiger partial charge in [-0.15, -0.1) is 0 Å². The minimum Gasteiger partial charge on any atom is -0.381 e. The first-order valence-corrected chi connectivity index (χ1v) is 7.56. The van der Waals surface area contributed by atoms with Crippen LogP contribution in [0.2, 0.25) is 0 Å². The van der Waals surface area contributed by atoms with Gasteiger partial charge in [0.05, 0.1) is 11.8 Å². The van der Waals surface area contributed by atoms with Crippen LogP contribution in [0, 0.1) is 11.7 Å². The zero-order chi connectivity index (χ0) is 16.1. The van der Waals surface area contributed by atoms with Gasteiger partial charge in [-0.25, -0.2) is 4.39 Å². The molecule has 2 atom stereocenters. The first-order chi connectivity index (χ1) is 10.5. The molecule has 1 saturated heterocycles. The summed E-state index contributed by atoms with van der Waals surface area (Å²) in [5.41, 5.74) is 0.455. The van der Waals surface area contributed by atoms with Gasteiger partial charge in [0.25, 0.3) is 0 Å². The second-order valence-electron chi connectivity index (χ2n) is 5.98. The van der Waals surface area contributed by atoms with Crippen molar-refractivity contribution in [1.29, 1.82) is 0 Å². The molecule has 1 aliphatic rings. The molecule has 5 nitrogen and oxygen atoms in total. The van der Waals surface area contributed by atoms with Crippen molar-refractivity contribution in [2.45, 2.75) is 25.5 Å². The lowest BCUT2D eigenvalue weighted by molar-refractivity contribution is -0.132. The van der Waals surface area contributed by atoms with Crippen LogP contribution in [0.1, 0.15) is 18.5 Å². The summed E-state index contributed by atoms with van der Waals surface area (Å²) in [5.74, 6) is -0.0596. The van der Waals surface area contributed by atoms with Gasteiger partial charge < -0.3 is 9.64 Å². The van der Waals surface area contributed by atoms with Crippen LogP contribution in [0.3, 0.4) is 0 Å². The van der Waals surface area contributed by atoms with Gasteiger partial charge in [0.1, 0.15) is 5.82 Å². The van der Waals surface area contributed by atoms with Crippen molar-refractivity contribution >= 4 is 5.91 Å². The molecule has 0 saturated carbocycles. The summed E-state index contributed by atoms with van der Waals surface area (Å²) < 4.78 is 19.2. The number of nitrogens with zero attached hydrogens (tertiary/aromatic N) is 3. The molecular formula is C16H24FN3O2. The second kappa shape index (κ2) is 7.65. The number of carbonyl (C=O) groups excluding carboxylic acids is 1. The van der Waals surface area contributed by atoms with E-state index in [1.165, 1.54) is 6.07 Å². The van der Waals surface area contributed by atoms with E-state index in [1.54, 1.807) is 38.4 Å². The van der Waals surface area contributed by atoms with Gasteiger partial charge in [-0.2, -0.15) is 0 Å². The maximum Gasteiger partial charge on any atom is 0.222 e. The lowest BCUT2D eigenvalue weighted by atomic mass is 9.91. The van der Waals surface area contributed by atoms with E-state index in [1.807, 2.05) is 0 Å². The van der Waals surface area contributed by atoms with Crippen molar-refractivity contribution < 1.29 is 13.9 Å². The van der Waals surface area contributed by atoms with Gasteiger partial charge >= 0.3 is 0 Å². The molecule has 1 aliphatic heterocycles. The molecule has 1 aromatic rings. The normalized spacial score (nSPS) is 22.5. The number of ether oxygens (including phenoxy) is 1. The molecular weight excluding hydrogens is 285 g/mol. The fourth-order valence-corrected chi connectivity index (χ4v) is 2.89. The Hall–Kier alpha value is -1.53. The van der Waals surface area contributed by atoms with E-state index < -0.39 is 0 Å². The number of halogens is 1. The summed E-state index contributed by atoms with van der Waals surface area (Å²) >= 11 is 0. The first-order valence-electron chi connectivity index (χ1n) is 7.56. The van der Waals surface area contributed by atoms with E-state index in [0.29, 0.717) is 25.2 Å². The molecule has 0 N–H and O–H groups in total. The fraction of sp³-hybridized carbons (Fsp3) is 0.625. The highest BCUT2D eigenvalue weighted by Crippen LogP contribution is 2.24. The molecule has 122 valence electrons. The first kappa shape index (κ1) is 16.8. The van der Waals surface area contributed by atoms with Crippen LogP contribution in [-0.2, 0) is 16.1 Å². The number of carbonyl (C=O) groups is 1. The van der Waals surface area contributed by atoms with Gasteiger partial charge in [0, 0.05) is 59.4 Å². The molecule has 6 heteroatoms. The van der Waals surface area contributed by atoms with Crippen molar-refractivity contribution in [3.63, 3.8) is 0 Å². The van der Waals surface area contributed by atoms with Gasteiger partial charge in [-0.3, -0.25) is 14.7 Å². The molecule has 1 fully saturated rings. The van der Waals surface area contributed by atoms with Crippen LogP contribution >= 0.6 is 0 Å². The van der Waals surface area contributed by atoms with Crippen molar-refractivity contribution in [2.75, 3.05) is 34.3 Å². The minimum atomic E-state index is -0.280. The number of pyridine rings is 1. The largest absolute Gasteiger partial charge is 0.381 e. The van der Waals surface area contributed by atoms with Crippen LogP contribution in [0.25, 0.3) is 0 Å². The van der Waals surface area contributed by atoms with E-state index in [0.717, 1.165) is 13.0 Å². The molecule has 0 radical (unpaired) electrons. The Morgan fingerprint density at radius 1 is 1.55 bits per heavy atom. The second-order valence-corrected chi connectivity index (χ2v) is 5.98. The Morgan fingerprint density at radius 2 is 2.32 bits per heavy atom. The summed E-state index contributed by atoms with van der Waals surface area (Å²) in [6, 6.07) is 3.02. The number of aromatic nitrogens is 1. The summed E-state index contributed by atoms with van der Waals surface area (Å²) in [7, 11) is 5.20. The van der Waals surface area contributed by atoms with Gasteiger partial charge in [0.15, 0.2) is 0 Å². The number of amides is 1. The maximum atomic E-state index is 13.7. The fourth-order valence-electron chi connectivity index (χ4n) is 2.89. The third-order valence-electron chi connectivity index (χ3n) is 4.19. The number of likely N-dealkylation sites (tertiary alicyclic amines) is 1. The van der Waals surface area contributed by atoms with Crippen molar-refractivity contribution in [3.8, 4) is 0 Å². The highest BCUT2D eigenvalue weighted by atomic mass is 19.1. The predicted molar refractivity (Wildman–Crippen MR) is 81.7 cm³/mol. The molecule has 0 aliphatic carbocycles. The molecule has 2 rings (SSSR count). The summed E-state index contributed by atoms with van der Waals surface area (Å²) in [6.45, 7) is 2.00. The smallest absolute Gasteiger partial charge is 0.222 e. The minimum absolute atomic E-state index is 0.0775. The van der Waals surface area contributed by atoms with E-state index in [4.69, 9.17) is 4.74 Å². The van der Waals surface area contributed by atoms with Gasteiger partial charge in [-0.1, -0.05) is 0 Å². The third-order valence-corrected chi connectivity index (χ3v) is 4.19. The van der Waals surface area contributed by atoms with Gasteiger partial charge in [0.2, 0.25) is 5.91 Å². The van der Waals surface area contributed by atoms with Crippen molar-refractivity contribution in [2.24, 2.45) is 5.92 Å². The molecule has 0 bridgehead atoms. The molecule has 0 unspecified atom stereocenters. The van der Waals surface area contributed by atoms with Crippen LogP contribution in [0.4, 0.5) is 4.39 Å². The standard InChI is InChI=1S/C16H24FN3O2/c1-19(2)16(21)9-12-10-20(8-6-15(12)22-3)11-14-13(17)5-4-7-18-14/h4-5,7,12,15H,6,8-11H2,1-3H3/t12-,15-/m1/s1. The summed E-state index contributed by atoms with van der Waals surface area (Å²) in [6.07, 6.45) is 2.98. The molecule has 1 aromatic heterocycles. The number of hydrogen-bond donors (Lipinski definition) is 0. The third kappa shape index (κ3) is 4.24. The number of hydrogen-bond acceptors (Lipinski definition) is 4. The van der Waals surface area contributed by atoms with Gasteiger partial charge in [-0.05, 0) is 18.6 Å². The number of rotatable bonds is 5. The van der Waals surface area contributed by atoms with Crippen LogP contribution in [-0.4, -0.2) is 61.1 Å². The molecule has 0 aromatic carbocycles. The highest BCUT2D eigenvalue weighted by Gasteiger charge is 2.31. The Morgan fingerprint density at radius 3 is 2.95 bits per heavy atom. The van der Waals surface area contributed by atoms with Crippen LogP contribution in [0.15, 0.2) is 18.3 Å². The van der Waals surface area contributed by atoms with Crippen molar-refractivity contribution in [1.82, 2.24) is 14.8 Å². The van der Waals surface area contributed by atoms with E-state index >= 15 is 0 Å². The quantitative estimate of drug-likeness (QED) is 0.827. The lowest BCUT2D eigenvalue weighted by Gasteiger charge is -2.37.